The van der Waals surface area contributed by atoms with Gasteiger partial charge in [0.15, 0.2) is 11.5 Å². The summed E-state index contributed by atoms with van der Waals surface area (Å²) in [5.74, 6) is -1.86. The van der Waals surface area contributed by atoms with Gasteiger partial charge in [0.2, 0.25) is 0 Å². The van der Waals surface area contributed by atoms with E-state index in [-0.39, 0.29) is 71.2 Å². The predicted octanol–water partition coefficient (Wildman–Crippen LogP) is 9.18. The maximum absolute atomic E-state index is 12.7. The third-order valence-corrected chi connectivity index (χ3v) is 9.95. The average Bonchev–Trinajstić information content (AvgIpc) is 3.91. The minimum atomic E-state index is -4.52. The number of aromatic carboxylic acids is 2. The molecule has 21 heteroatoms. The van der Waals surface area contributed by atoms with Crippen molar-refractivity contribution in [3.8, 4) is 34.3 Å². The standard InChI is InChI=1S/C23H23F3N3O2S.C18H12N3O6.CNS.Ru/c1-2-3-4-5-6-18-21-22(31-12-11-30-21)19(32-18)10-8-15-7-9-16(27-14-15)17-13-20(29-28-17)23(24,25)26;22-16(23)9-1-3-19-12(5-9)14-7-11(18(26)27)8-15(21-14)13-6-10(17(24)25)2-4-20-13;2-1-3;/h7-10,13-14H,2-6,11-12H2,1H3;1-3,5-8H,4H2,(H,22,23)(H,24,25)(H,26,27);;/q3*-1;+2/b10-8+;;;. The molecule has 2 aliphatic heterocycles. The number of hydrogen-bond donors (Lipinski definition) is 3. The number of aliphatic carboxylic acids is 1. The molecular weight excluding hydrogens is 953 g/mol. The van der Waals surface area contributed by atoms with Crippen molar-refractivity contribution < 1.29 is 71.8 Å². The Bertz CT molecular complexity index is 2550. The van der Waals surface area contributed by atoms with Crippen LogP contribution >= 0.6 is 23.6 Å². The number of unbranched alkanes of at least 4 members (excludes halogenated alkanes) is 3. The van der Waals surface area contributed by atoms with E-state index in [4.69, 9.17) is 25.1 Å². The molecule has 7 rings (SSSR count). The second-order valence-corrected chi connectivity index (χ2v) is 14.4. The molecule has 15 nitrogen and oxygen atoms in total. The van der Waals surface area contributed by atoms with Gasteiger partial charge >= 0.3 is 43.6 Å². The monoisotopic (exact) mass is 988 g/mol. The van der Waals surface area contributed by atoms with Crippen LogP contribution in [-0.4, -0.2) is 78.2 Å². The van der Waals surface area contributed by atoms with Gasteiger partial charge in [0.05, 0.1) is 37.8 Å². The van der Waals surface area contributed by atoms with Crippen molar-refractivity contribution in [2.24, 2.45) is 0 Å². The van der Waals surface area contributed by atoms with Crippen LogP contribution in [-0.2, 0) is 36.9 Å². The van der Waals surface area contributed by atoms with E-state index in [1.165, 1.54) is 71.9 Å². The number of ether oxygens (including phenoxy) is 2. The van der Waals surface area contributed by atoms with Crippen LogP contribution in [0.3, 0.4) is 0 Å². The molecule has 0 spiro atoms. The van der Waals surface area contributed by atoms with Crippen LogP contribution in [0.2, 0.25) is 0 Å². The molecule has 7 heterocycles. The quantitative estimate of drug-likeness (QED) is 0.0432. The molecule has 63 heavy (non-hydrogen) atoms. The van der Waals surface area contributed by atoms with Gasteiger partial charge in [-0.25, -0.2) is 19.4 Å². The van der Waals surface area contributed by atoms with Crippen molar-refractivity contribution in [1.29, 1.82) is 0 Å². The van der Waals surface area contributed by atoms with Crippen LogP contribution in [0.25, 0.3) is 51.4 Å². The molecule has 0 radical (unpaired) electrons. The first-order valence-corrected chi connectivity index (χ1v) is 19.9. The van der Waals surface area contributed by atoms with Gasteiger partial charge in [0, 0.05) is 23.8 Å². The zero-order valence-corrected chi connectivity index (χ0v) is 36.4. The number of thiophene rings is 1. The molecule has 0 saturated carbocycles. The van der Waals surface area contributed by atoms with E-state index in [0.717, 1.165) is 40.8 Å². The molecule has 2 aliphatic rings. The summed E-state index contributed by atoms with van der Waals surface area (Å²) in [6.45, 7) is 3.40. The van der Waals surface area contributed by atoms with Gasteiger partial charge < -0.3 is 45.7 Å². The average molecular weight is 988 g/mol. The predicted molar refractivity (Wildman–Crippen MR) is 227 cm³/mol. The van der Waals surface area contributed by atoms with Crippen LogP contribution < -0.4 is 14.6 Å². The first-order valence-electron chi connectivity index (χ1n) is 18.6. The maximum Gasteiger partial charge on any atom is 2.00 e. The van der Waals surface area contributed by atoms with Gasteiger partial charge in [-0.3, -0.25) is 9.97 Å². The van der Waals surface area contributed by atoms with Gasteiger partial charge in [0.25, 0.3) is 0 Å². The van der Waals surface area contributed by atoms with Crippen LogP contribution in [0.1, 0.15) is 80.0 Å². The number of hydrogen-bond acceptors (Lipinski definition) is 11. The van der Waals surface area contributed by atoms with E-state index in [1.807, 2.05) is 12.2 Å². The molecule has 0 aromatic carbocycles. The van der Waals surface area contributed by atoms with Gasteiger partial charge in [0.1, 0.15) is 18.9 Å². The van der Waals surface area contributed by atoms with E-state index >= 15 is 0 Å². The van der Waals surface area contributed by atoms with E-state index in [0.29, 0.717) is 18.9 Å². The summed E-state index contributed by atoms with van der Waals surface area (Å²) in [7, 11) is 0. The fraction of sp³-hybridized carbons (Fsp3) is 0.238. The Labute approximate surface area is 380 Å². The number of carbonyl (C=O) groups is 3. The Morgan fingerprint density at radius 1 is 0.905 bits per heavy atom. The number of fused-ring (bicyclic) bond motifs is 1. The molecule has 328 valence electrons. The Morgan fingerprint density at radius 2 is 1.60 bits per heavy atom. The molecular formula is C42H35F3N7O8RuS2-. The number of halogens is 3. The number of pyridine rings is 3. The molecule has 0 fully saturated rings. The first-order chi connectivity index (χ1) is 29.7. The van der Waals surface area contributed by atoms with Crippen molar-refractivity contribution in [1.82, 2.24) is 25.1 Å². The molecule has 5 aromatic heterocycles. The summed E-state index contributed by atoms with van der Waals surface area (Å²) < 4.78 is 49.9. The molecule has 0 amide bonds. The third-order valence-electron chi connectivity index (χ3n) is 8.77. The zero-order valence-electron chi connectivity index (χ0n) is 33.0. The largest absolute Gasteiger partial charge is 2.00 e. The smallest absolute Gasteiger partial charge is 0.753 e. The molecule has 0 saturated heterocycles. The SMILES string of the molecule is CCCCCCc1sc(/C=C/c2ccc(-c3cc(C(F)(F)F)n[n-]3)nc2)c2c1OCCO2.O=C(O)C1=CC[N-]C(c2cc(C(=O)O)cc(-c3cc(C(=O)O)ccn3)n2)=C1.[N-]=C=S.[Ru+2]. The normalized spacial score (nSPS) is 12.8. The minimum Gasteiger partial charge on any atom is -0.753 e. The van der Waals surface area contributed by atoms with Gasteiger partial charge in [-0.2, -0.15) is 18.3 Å². The third kappa shape index (κ3) is 13.5. The van der Waals surface area contributed by atoms with Crippen molar-refractivity contribution in [2.75, 3.05) is 19.8 Å². The molecule has 0 atom stereocenters. The molecule has 0 unspecified atom stereocenters. The van der Waals surface area contributed by atoms with Crippen LogP contribution in [0.5, 0.6) is 11.5 Å². The van der Waals surface area contributed by atoms with E-state index in [1.54, 1.807) is 29.7 Å². The number of aromatic nitrogens is 5. The first kappa shape index (κ1) is 49.3. The number of carboxylic acid groups (broad SMARTS) is 3. The van der Waals surface area contributed by atoms with Gasteiger partial charge in [-0.1, -0.05) is 68.4 Å². The summed E-state index contributed by atoms with van der Waals surface area (Å²) in [6, 6.07) is 9.42. The second-order valence-electron chi connectivity index (χ2n) is 13.1. The summed E-state index contributed by atoms with van der Waals surface area (Å²) in [6.07, 6.45) is 10.7. The van der Waals surface area contributed by atoms with E-state index in [9.17, 15) is 32.7 Å². The van der Waals surface area contributed by atoms with E-state index < -0.39 is 29.8 Å². The van der Waals surface area contributed by atoms with Crippen LogP contribution in [0, 0.1) is 0 Å². The van der Waals surface area contributed by atoms with Crippen molar-refractivity contribution >= 4 is 64.5 Å². The zero-order chi connectivity index (χ0) is 44.8. The second kappa shape index (κ2) is 23.2. The number of carboxylic acids is 3. The molecule has 5 aromatic rings. The summed E-state index contributed by atoms with van der Waals surface area (Å²) >= 11 is 5.37. The maximum atomic E-state index is 12.7. The molecule has 0 aliphatic carbocycles. The number of rotatable bonds is 13. The van der Waals surface area contributed by atoms with Crippen molar-refractivity contribution in [2.45, 2.75) is 45.2 Å². The Hall–Kier alpha value is -6.40. The summed E-state index contributed by atoms with van der Waals surface area (Å²) in [5.41, 5.74) is 0.786. The fourth-order valence-electron chi connectivity index (χ4n) is 5.83. The number of thiocarbonyl (C=S) groups is 1. The minimum absolute atomic E-state index is 0. The number of isothiocyanates is 1. The summed E-state index contributed by atoms with van der Waals surface area (Å²) in [4.78, 5) is 48.6. The Kier molecular flexibility index (Phi) is 18.1. The van der Waals surface area contributed by atoms with Crippen LogP contribution in [0.15, 0.2) is 72.6 Å². The van der Waals surface area contributed by atoms with Gasteiger partial charge in [-0.15, -0.1) is 23.6 Å². The van der Waals surface area contributed by atoms with Crippen molar-refractivity contribution in [3.63, 3.8) is 0 Å². The Morgan fingerprint density at radius 3 is 2.24 bits per heavy atom. The fourth-order valence-corrected chi connectivity index (χ4v) is 6.96. The van der Waals surface area contributed by atoms with Crippen LogP contribution in [0.4, 0.5) is 13.2 Å². The number of nitrogens with zero attached hydrogens (tertiary/aromatic N) is 7. The Balaban J connectivity index is 0.000000260. The topological polar surface area (TPSA) is 232 Å². The number of alkyl halides is 3. The van der Waals surface area contributed by atoms with Crippen molar-refractivity contribution in [3.05, 3.63) is 121 Å². The van der Waals surface area contributed by atoms with E-state index in [2.05, 4.69) is 49.6 Å². The summed E-state index contributed by atoms with van der Waals surface area (Å²) in [5, 5.41) is 47.0. The molecule has 0 bridgehead atoms. The molecule has 3 N–H and O–H groups in total. The van der Waals surface area contributed by atoms with Gasteiger partial charge in [-0.05, 0) is 60.9 Å². The number of aryl methyl sites for hydroxylation is 1.